The van der Waals surface area contributed by atoms with Crippen molar-refractivity contribution in [2.24, 2.45) is 5.73 Å². The first-order valence-electron chi connectivity index (χ1n) is 4.93. The lowest BCUT2D eigenvalue weighted by molar-refractivity contribution is -0.118. The molecule has 0 spiro atoms. The molecule has 7 nitrogen and oxygen atoms in total. The molecular formula is C10H10N4O3. The molecule has 0 aliphatic carbocycles. The number of carboxylic acid groups (broad SMARTS) is 1. The number of carbonyl (C=O) groups is 2. The fourth-order valence-corrected chi connectivity index (χ4v) is 1.55. The molecule has 0 atom stereocenters. The fraction of sp³-hybridized carbons (Fsp3) is 0.200. The van der Waals surface area contributed by atoms with Crippen molar-refractivity contribution in [3.8, 4) is 0 Å². The van der Waals surface area contributed by atoms with Crippen LogP contribution in [0.3, 0.4) is 0 Å². The fourth-order valence-electron chi connectivity index (χ4n) is 1.55. The first kappa shape index (κ1) is 11.1. The number of amides is 1. The predicted molar refractivity (Wildman–Crippen MR) is 58.3 cm³/mol. The molecular weight excluding hydrogens is 224 g/mol. The molecule has 88 valence electrons. The number of primary amides is 1. The van der Waals surface area contributed by atoms with Gasteiger partial charge in [0.2, 0.25) is 5.91 Å². The van der Waals surface area contributed by atoms with Crippen LogP contribution in [-0.4, -0.2) is 32.0 Å². The smallest absolute Gasteiger partial charge is 0.338 e. The normalized spacial score (nSPS) is 10.6. The Bertz CT molecular complexity index is 590. The Morgan fingerprint density at radius 2 is 2.18 bits per heavy atom. The van der Waals surface area contributed by atoms with Gasteiger partial charge in [0.05, 0.1) is 17.6 Å². The van der Waals surface area contributed by atoms with E-state index in [1.54, 1.807) is 12.1 Å². The third-order valence-electron chi connectivity index (χ3n) is 2.35. The van der Waals surface area contributed by atoms with Crippen molar-refractivity contribution in [2.75, 3.05) is 0 Å². The van der Waals surface area contributed by atoms with Crippen molar-refractivity contribution in [2.45, 2.75) is 13.0 Å². The number of carbonyl (C=O) groups excluding carboxylic acids is 1. The van der Waals surface area contributed by atoms with Gasteiger partial charge in [-0.25, -0.2) is 9.48 Å². The van der Waals surface area contributed by atoms with E-state index >= 15 is 0 Å². The zero-order valence-electron chi connectivity index (χ0n) is 8.83. The first-order chi connectivity index (χ1) is 8.09. The second kappa shape index (κ2) is 4.20. The van der Waals surface area contributed by atoms with Crippen LogP contribution < -0.4 is 5.73 Å². The van der Waals surface area contributed by atoms with Gasteiger partial charge >= 0.3 is 5.97 Å². The number of rotatable bonds is 4. The van der Waals surface area contributed by atoms with E-state index in [4.69, 9.17) is 10.8 Å². The highest BCUT2D eigenvalue weighted by molar-refractivity contribution is 6.00. The number of nitrogens with two attached hydrogens (primary N) is 1. The summed E-state index contributed by atoms with van der Waals surface area (Å²) in [6.45, 7) is 0.287. The number of hydrogen-bond acceptors (Lipinski definition) is 4. The van der Waals surface area contributed by atoms with Gasteiger partial charge in [-0.05, 0) is 12.1 Å². The average Bonchev–Trinajstić information content (AvgIpc) is 2.68. The second-order valence-corrected chi connectivity index (χ2v) is 3.51. The van der Waals surface area contributed by atoms with Gasteiger partial charge < -0.3 is 10.8 Å². The van der Waals surface area contributed by atoms with Gasteiger partial charge in [0.1, 0.15) is 5.52 Å². The molecule has 1 heterocycles. The van der Waals surface area contributed by atoms with E-state index in [9.17, 15) is 9.59 Å². The SMILES string of the molecule is NC(=O)CCn1nnc2c(C(=O)O)cccc21. The highest BCUT2D eigenvalue weighted by Gasteiger charge is 2.13. The number of aromatic nitrogens is 3. The Kier molecular flexibility index (Phi) is 2.73. The minimum absolute atomic E-state index is 0.0906. The maximum atomic E-state index is 10.9. The molecule has 1 aromatic heterocycles. The molecule has 2 aromatic rings. The van der Waals surface area contributed by atoms with E-state index < -0.39 is 11.9 Å². The molecule has 0 bridgehead atoms. The molecule has 7 heteroatoms. The number of carboxylic acids is 1. The van der Waals surface area contributed by atoms with Crippen LogP contribution in [0.1, 0.15) is 16.8 Å². The molecule has 3 N–H and O–H groups in total. The number of aryl methyl sites for hydroxylation is 1. The van der Waals surface area contributed by atoms with Crippen LogP contribution in [0.5, 0.6) is 0 Å². The Balaban J connectivity index is 2.44. The van der Waals surface area contributed by atoms with Gasteiger partial charge in [0.25, 0.3) is 0 Å². The van der Waals surface area contributed by atoms with Gasteiger partial charge in [-0.2, -0.15) is 0 Å². The molecule has 1 aromatic carbocycles. The number of benzene rings is 1. The van der Waals surface area contributed by atoms with Gasteiger partial charge in [-0.3, -0.25) is 4.79 Å². The predicted octanol–water partition coefficient (Wildman–Crippen LogP) is 0.00490. The van der Waals surface area contributed by atoms with E-state index in [-0.39, 0.29) is 18.5 Å². The molecule has 0 aliphatic rings. The Hall–Kier alpha value is -2.44. The Morgan fingerprint density at radius 1 is 1.41 bits per heavy atom. The summed E-state index contributed by atoms with van der Waals surface area (Å²) in [4.78, 5) is 21.6. The Labute approximate surface area is 95.8 Å². The van der Waals surface area contributed by atoms with E-state index in [0.29, 0.717) is 11.0 Å². The van der Waals surface area contributed by atoms with Crippen molar-refractivity contribution in [3.63, 3.8) is 0 Å². The summed E-state index contributed by atoms with van der Waals surface area (Å²) in [5, 5.41) is 16.6. The van der Waals surface area contributed by atoms with E-state index in [1.807, 2.05) is 0 Å². The summed E-state index contributed by atoms with van der Waals surface area (Å²) in [7, 11) is 0. The average molecular weight is 234 g/mol. The second-order valence-electron chi connectivity index (χ2n) is 3.51. The van der Waals surface area contributed by atoms with Crippen LogP contribution in [0.4, 0.5) is 0 Å². The van der Waals surface area contributed by atoms with Gasteiger partial charge in [0.15, 0.2) is 0 Å². The van der Waals surface area contributed by atoms with E-state index in [1.165, 1.54) is 10.7 Å². The standard InChI is InChI=1S/C10H10N4O3/c11-8(15)4-5-14-7-3-1-2-6(10(16)17)9(7)12-13-14/h1-3H,4-5H2,(H2,11,15)(H,16,17). The van der Waals surface area contributed by atoms with Crippen molar-refractivity contribution < 1.29 is 14.7 Å². The summed E-state index contributed by atoms with van der Waals surface area (Å²) in [5.41, 5.74) is 6.01. The largest absolute Gasteiger partial charge is 0.478 e. The third-order valence-corrected chi connectivity index (χ3v) is 2.35. The number of aromatic carboxylic acids is 1. The summed E-state index contributed by atoms with van der Waals surface area (Å²) < 4.78 is 1.46. The molecule has 0 fully saturated rings. The summed E-state index contributed by atoms with van der Waals surface area (Å²) in [6, 6.07) is 4.76. The molecule has 0 aliphatic heterocycles. The summed E-state index contributed by atoms with van der Waals surface area (Å²) in [6.07, 6.45) is 0.135. The third kappa shape index (κ3) is 2.07. The zero-order chi connectivity index (χ0) is 12.4. The maximum Gasteiger partial charge on any atom is 0.338 e. The van der Waals surface area contributed by atoms with Crippen molar-refractivity contribution in [3.05, 3.63) is 23.8 Å². The number of fused-ring (bicyclic) bond motifs is 1. The summed E-state index contributed by atoms with van der Waals surface area (Å²) >= 11 is 0. The van der Waals surface area contributed by atoms with Crippen LogP contribution in [0.15, 0.2) is 18.2 Å². The number of nitrogens with zero attached hydrogens (tertiary/aromatic N) is 3. The molecule has 0 saturated carbocycles. The van der Waals surface area contributed by atoms with Gasteiger partial charge in [-0.1, -0.05) is 11.3 Å². The van der Waals surface area contributed by atoms with Gasteiger partial charge in [-0.15, -0.1) is 5.10 Å². The topological polar surface area (TPSA) is 111 Å². The minimum Gasteiger partial charge on any atom is -0.478 e. The van der Waals surface area contributed by atoms with Crippen LogP contribution in [0, 0.1) is 0 Å². The van der Waals surface area contributed by atoms with Crippen LogP contribution in [-0.2, 0) is 11.3 Å². The minimum atomic E-state index is -1.06. The molecule has 0 unspecified atom stereocenters. The zero-order valence-corrected chi connectivity index (χ0v) is 8.83. The monoisotopic (exact) mass is 234 g/mol. The number of hydrogen-bond donors (Lipinski definition) is 2. The van der Waals surface area contributed by atoms with Gasteiger partial charge in [0, 0.05) is 6.42 Å². The lowest BCUT2D eigenvalue weighted by Gasteiger charge is -2.00. The molecule has 2 rings (SSSR count). The molecule has 1 amide bonds. The highest BCUT2D eigenvalue weighted by atomic mass is 16.4. The van der Waals surface area contributed by atoms with Crippen LogP contribution in [0.25, 0.3) is 11.0 Å². The first-order valence-corrected chi connectivity index (χ1v) is 4.93. The molecule has 17 heavy (non-hydrogen) atoms. The Morgan fingerprint density at radius 3 is 2.82 bits per heavy atom. The summed E-state index contributed by atoms with van der Waals surface area (Å²) in [5.74, 6) is -1.50. The molecule has 0 saturated heterocycles. The van der Waals surface area contributed by atoms with Crippen molar-refractivity contribution in [1.82, 2.24) is 15.0 Å². The molecule has 0 radical (unpaired) electrons. The maximum absolute atomic E-state index is 10.9. The quantitative estimate of drug-likeness (QED) is 0.773. The lowest BCUT2D eigenvalue weighted by atomic mass is 10.2. The lowest BCUT2D eigenvalue weighted by Crippen LogP contribution is -2.14. The van der Waals surface area contributed by atoms with Crippen molar-refractivity contribution in [1.29, 1.82) is 0 Å². The van der Waals surface area contributed by atoms with E-state index in [2.05, 4.69) is 10.3 Å². The van der Waals surface area contributed by atoms with Crippen molar-refractivity contribution >= 4 is 22.9 Å². The van der Waals surface area contributed by atoms with Crippen LogP contribution >= 0.6 is 0 Å². The van der Waals surface area contributed by atoms with Crippen LogP contribution in [0.2, 0.25) is 0 Å². The highest BCUT2D eigenvalue weighted by Crippen LogP contribution is 2.16. The van der Waals surface area contributed by atoms with E-state index in [0.717, 1.165) is 0 Å².